The second-order valence-corrected chi connectivity index (χ2v) is 6.65. The first-order valence-electron chi connectivity index (χ1n) is 8.18. The van der Waals surface area contributed by atoms with Gasteiger partial charge in [0.15, 0.2) is 10.9 Å². The number of carbonyl (C=O) groups excluding carboxylic acids is 2. The minimum atomic E-state index is -0.704. The van der Waals surface area contributed by atoms with Gasteiger partial charge >= 0.3 is 0 Å². The molecule has 1 atom stereocenters. The van der Waals surface area contributed by atoms with E-state index in [0.717, 1.165) is 12.8 Å². The van der Waals surface area contributed by atoms with E-state index in [-0.39, 0.29) is 17.6 Å². The number of hydrogen-bond donors (Lipinski definition) is 4. The van der Waals surface area contributed by atoms with Gasteiger partial charge < -0.3 is 15.1 Å². The number of furan rings is 1. The Kier molecular flexibility index (Phi) is 6.60. The number of carbonyl (C=O) groups is 2. The van der Waals surface area contributed by atoms with E-state index >= 15 is 0 Å². The average molecular weight is 352 g/mol. The minimum absolute atomic E-state index is 0.0953. The summed E-state index contributed by atoms with van der Waals surface area (Å²) in [6.45, 7) is 3.70. The van der Waals surface area contributed by atoms with Crippen molar-refractivity contribution in [1.29, 1.82) is 0 Å². The zero-order valence-electron chi connectivity index (χ0n) is 13.9. The van der Waals surface area contributed by atoms with E-state index in [9.17, 15) is 9.59 Å². The summed E-state index contributed by atoms with van der Waals surface area (Å²) in [7, 11) is 0. The van der Waals surface area contributed by atoms with Gasteiger partial charge in [-0.05, 0) is 43.1 Å². The van der Waals surface area contributed by atoms with Gasteiger partial charge in [0, 0.05) is 6.04 Å². The molecule has 8 heteroatoms. The van der Waals surface area contributed by atoms with Gasteiger partial charge in [-0.25, -0.2) is 0 Å². The van der Waals surface area contributed by atoms with Crippen LogP contribution in [0.5, 0.6) is 0 Å². The van der Waals surface area contributed by atoms with E-state index < -0.39 is 11.9 Å². The Bertz CT molecular complexity index is 568. The third kappa shape index (κ3) is 5.23. The number of hydrazine groups is 1. The molecule has 1 aromatic rings. The molecule has 0 spiro atoms. The molecule has 0 unspecified atom stereocenters. The lowest BCUT2D eigenvalue weighted by molar-refractivity contribution is -0.124. The van der Waals surface area contributed by atoms with Gasteiger partial charge in [0.25, 0.3) is 11.8 Å². The van der Waals surface area contributed by atoms with E-state index in [1.54, 1.807) is 12.1 Å². The molecule has 4 N–H and O–H groups in total. The Morgan fingerprint density at radius 3 is 2.54 bits per heavy atom. The van der Waals surface area contributed by atoms with E-state index in [1.807, 2.05) is 13.8 Å². The van der Waals surface area contributed by atoms with Crippen LogP contribution in [0.15, 0.2) is 22.8 Å². The molecule has 0 bridgehead atoms. The number of nitrogens with one attached hydrogen (secondary N) is 4. The molecule has 1 aliphatic rings. The molecule has 2 amide bonds. The van der Waals surface area contributed by atoms with Crippen LogP contribution in [0.3, 0.4) is 0 Å². The molecule has 1 saturated carbocycles. The van der Waals surface area contributed by atoms with Crippen molar-refractivity contribution >= 4 is 29.1 Å². The van der Waals surface area contributed by atoms with Crippen LogP contribution in [0.1, 0.15) is 50.1 Å². The maximum absolute atomic E-state index is 12.3. The molecule has 1 aromatic heterocycles. The summed E-state index contributed by atoms with van der Waals surface area (Å²) in [5, 5.41) is 6.22. The summed E-state index contributed by atoms with van der Waals surface area (Å²) >= 11 is 5.17. The first-order valence-corrected chi connectivity index (χ1v) is 8.59. The van der Waals surface area contributed by atoms with Crippen LogP contribution in [0.4, 0.5) is 0 Å². The minimum Gasteiger partial charge on any atom is -0.459 e. The Hall–Kier alpha value is -2.09. The fraction of sp³-hybridized carbons (Fsp3) is 0.562. The van der Waals surface area contributed by atoms with Crippen molar-refractivity contribution < 1.29 is 14.0 Å². The monoisotopic (exact) mass is 352 g/mol. The van der Waals surface area contributed by atoms with Crippen molar-refractivity contribution in [2.24, 2.45) is 5.92 Å². The van der Waals surface area contributed by atoms with Crippen LogP contribution in [-0.2, 0) is 4.79 Å². The molecule has 0 radical (unpaired) electrons. The third-order valence-corrected chi connectivity index (χ3v) is 4.19. The molecular weight excluding hydrogens is 328 g/mol. The standard InChI is InChI=1S/C16H24N4O3S/c1-10(2)13(18-14(21)12-8-5-9-23-12)15(22)19-20-16(24)17-11-6-3-4-7-11/h5,8-11,13H,3-4,6-7H2,1-2H3,(H,18,21)(H,19,22)(H2,17,20,24)/t13-/m0/s1. The van der Waals surface area contributed by atoms with Crippen LogP contribution in [0.2, 0.25) is 0 Å². The van der Waals surface area contributed by atoms with Crippen LogP contribution in [-0.4, -0.2) is 29.0 Å². The smallest absolute Gasteiger partial charge is 0.287 e. The highest BCUT2D eigenvalue weighted by Gasteiger charge is 2.26. The predicted octanol–water partition coefficient (Wildman–Crippen LogP) is 1.47. The number of rotatable bonds is 5. The molecule has 1 heterocycles. The van der Waals surface area contributed by atoms with E-state index in [2.05, 4.69) is 21.5 Å². The third-order valence-electron chi connectivity index (χ3n) is 3.97. The van der Waals surface area contributed by atoms with E-state index in [1.165, 1.54) is 19.1 Å². The SMILES string of the molecule is CC(C)[C@H](NC(=O)c1ccco1)C(=O)NNC(=S)NC1CCCC1. The predicted molar refractivity (Wildman–Crippen MR) is 94.1 cm³/mol. The fourth-order valence-corrected chi connectivity index (χ4v) is 2.86. The van der Waals surface area contributed by atoms with Crippen molar-refractivity contribution in [3.05, 3.63) is 24.2 Å². The van der Waals surface area contributed by atoms with E-state index in [0.29, 0.717) is 11.2 Å². The zero-order valence-corrected chi connectivity index (χ0v) is 14.7. The highest BCUT2D eigenvalue weighted by atomic mass is 32.1. The highest BCUT2D eigenvalue weighted by Crippen LogP contribution is 2.17. The normalized spacial score (nSPS) is 15.8. The van der Waals surface area contributed by atoms with Crippen LogP contribution >= 0.6 is 12.2 Å². The fourth-order valence-electron chi connectivity index (χ4n) is 2.64. The maximum atomic E-state index is 12.3. The van der Waals surface area contributed by atoms with Gasteiger partial charge in [0.2, 0.25) is 0 Å². The molecule has 7 nitrogen and oxygen atoms in total. The van der Waals surface area contributed by atoms with Crippen molar-refractivity contribution in [3.63, 3.8) is 0 Å². The second-order valence-electron chi connectivity index (χ2n) is 6.24. The summed E-state index contributed by atoms with van der Waals surface area (Å²) in [6, 6.07) is 2.82. The summed E-state index contributed by atoms with van der Waals surface area (Å²) in [4.78, 5) is 24.4. The summed E-state index contributed by atoms with van der Waals surface area (Å²) in [6.07, 6.45) is 5.98. The van der Waals surface area contributed by atoms with Crippen molar-refractivity contribution in [2.45, 2.75) is 51.6 Å². The largest absolute Gasteiger partial charge is 0.459 e. The molecular formula is C16H24N4O3S. The summed E-state index contributed by atoms with van der Waals surface area (Å²) < 4.78 is 5.04. The van der Waals surface area contributed by atoms with Gasteiger partial charge in [-0.1, -0.05) is 26.7 Å². The lowest BCUT2D eigenvalue weighted by Gasteiger charge is -2.22. The Labute approximate surface area is 146 Å². The first kappa shape index (κ1) is 18.3. The number of thiocarbonyl (C=S) groups is 1. The van der Waals surface area contributed by atoms with Gasteiger partial charge in [-0.2, -0.15) is 0 Å². The van der Waals surface area contributed by atoms with E-state index in [4.69, 9.17) is 16.6 Å². The molecule has 0 aromatic carbocycles. The van der Waals surface area contributed by atoms with Gasteiger partial charge in [-0.3, -0.25) is 20.4 Å². The van der Waals surface area contributed by atoms with Gasteiger partial charge in [0.1, 0.15) is 6.04 Å². The summed E-state index contributed by atoms with van der Waals surface area (Å²) in [5.41, 5.74) is 5.25. The number of hydrogen-bond acceptors (Lipinski definition) is 4. The maximum Gasteiger partial charge on any atom is 0.287 e. The lowest BCUT2D eigenvalue weighted by atomic mass is 10.0. The second kappa shape index (κ2) is 8.68. The first-order chi connectivity index (χ1) is 11.5. The van der Waals surface area contributed by atoms with Crippen LogP contribution in [0, 0.1) is 5.92 Å². The average Bonchev–Trinajstić information content (AvgIpc) is 3.23. The Morgan fingerprint density at radius 2 is 1.96 bits per heavy atom. The van der Waals surface area contributed by atoms with Gasteiger partial charge in [-0.15, -0.1) is 0 Å². The quantitative estimate of drug-likeness (QED) is 0.473. The molecule has 1 aliphatic carbocycles. The summed E-state index contributed by atoms with van der Waals surface area (Å²) in [5.74, 6) is -0.720. The van der Waals surface area contributed by atoms with Crippen molar-refractivity contribution in [1.82, 2.24) is 21.5 Å². The molecule has 132 valence electrons. The molecule has 0 saturated heterocycles. The van der Waals surface area contributed by atoms with Crippen molar-refractivity contribution in [3.8, 4) is 0 Å². The molecule has 1 fully saturated rings. The van der Waals surface area contributed by atoms with Crippen LogP contribution in [0.25, 0.3) is 0 Å². The zero-order chi connectivity index (χ0) is 17.5. The van der Waals surface area contributed by atoms with Gasteiger partial charge in [0.05, 0.1) is 6.26 Å². The molecule has 0 aliphatic heterocycles. The molecule has 2 rings (SSSR count). The van der Waals surface area contributed by atoms with Crippen LogP contribution < -0.4 is 21.5 Å². The van der Waals surface area contributed by atoms with Crippen molar-refractivity contribution in [2.75, 3.05) is 0 Å². The topological polar surface area (TPSA) is 95.4 Å². The Balaban J connectivity index is 1.82. The lowest BCUT2D eigenvalue weighted by Crippen LogP contribution is -2.56. The Morgan fingerprint density at radius 1 is 1.25 bits per heavy atom. The molecule has 24 heavy (non-hydrogen) atoms. The number of amides is 2. The highest BCUT2D eigenvalue weighted by molar-refractivity contribution is 7.80.